The number of thiazole rings is 1. The number of allylic oxidation sites excluding steroid dienone is 1. The molecule has 4 aromatic rings. The van der Waals surface area contributed by atoms with E-state index in [1.807, 2.05) is 45.3 Å². The standard InChI is InChI=1S/C34H37BrN4O4S/c1-8-10-27-30(33(41)43-9-2)31(22-11-16-28(42-7)26(35)18-22)39-32(40)29(44-34(39)36-27)19-23-17-20(3)38(21(23)4)25-14-12-24(13-15-25)37(5)6/h11-19,31H,8-10H2,1-7H3/b29-19+/t31-/m0/s1. The second-order valence-electron chi connectivity index (χ2n) is 10.9. The monoisotopic (exact) mass is 676 g/mol. The van der Waals surface area contributed by atoms with Crippen LogP contribution in [0.3, 0.4) is 0 Å². The zero-order valence-electron chi connectivity index (χ0n) is 26.1. The van der Waals surface area contributed by atoms with Gasteiger partial charge in [-0.05, 0) is 103 Å². The van der Waals surface area contributed by atoms with Crippen LogP contribution in [0.15, 0.2) is 74.1 Å². The number of carbonyl (C=O) groups excluding carboxylic acids is 1. The third-order valence-corrected chi connectivity index (χ3v) is 9.37. The SMILES string of the molecule is CCCC1=C(C(=O)OCC)[C@H](c2ccc(OC)c(Br)c2)n2c(s/c(=C/c3cc(C)n(-c4ccc(N(C)C)cc4)c3C)c2=O)=N1. The molecule has 0 radical (unpaired) electrons. The van der Waals surface area contributed by atoms with E-state index in [1.54, 1.807) is 18.6 Å². The summed E-state index contributed by atoms with van der Waals surface area (Å²) in [5, 5.41) is 0. The third-order valence-electron chi connectivity index (χ3n) is 7.76. The van der Waals surface area contributed by atoms with Gasteiger partial charge in [0, 0.05) is 36.9 Å². The molecule has 0 N–H and O–H groups in total. The number of aryl methyl sites for hydroxylation is 1. The zero-order chi connectivity index (χ0) is 31.7. The van der Waals surface area contributed by atoms with Crippen LogP contribution in [0, 0.1) is 13.8 Å². The molecule has 230 valence electrons. The predicted octanol–water partition coefficient (Wildman–Crippen LogP) is 5.82. The molecule has 5 rings (SSSR count). The average molecular weight is 678 g/mol. The highest BCUT2D eigenvalue weighted by Gasteiger charge is 2.34. The second kappa shape index (κ2) is 13.0. The Bertz CT molecular complexity index is 1930. The maximum Gasteiger partial charge on any atom is 0.338 e. The fourth-order valence-electron chi connectivity index (χ4n) is 5.66. The Morgan fingerprint density at radius 1 is 1.11 bits per heavy atom. The molecular weight excluding hydrogens is 640 g/mol. The number of ether oxygens (including phenoxy) is 2. The van der Waals surface area contributed by atoms with Gasteiger partial charge in [-0.15, -0.1) is 0 Å². The van der Waals surface area contributed by atoms with E-state index in [9.17, 15) is 9.59 Å². The van der Waals surface area contributed by atoms with E-state index in [1.165, 1.54) is 11.3 Å². The minimum Gasteiger partial charge on any atom is -0.496 e. The Balaban J connectivity index is 1.70. The molecular formula is C34H37BrN4O4S. The highest BCUT2D eigenvalue weighted by molar-refractivity contribution is 9.10. The summed E-state index contributed by atoms with van der Waals surface area (Å²) in [6.07, 6.45) is 3.31. The number of nitrogens with zero attached hydrogens (tertiary/aromatic N) is 4. The van der Waals surface area contributed by atoms with Crippen molar-refractivity contribution in [3.63, 3.8) is 0 Å². The molecule has 1 aliphatic rings. The summed E-state index contributed by atoms with van der Waals surface area (Å²) < 4.78 is 16.1. The van der Waals surface area contributed by atoms with Crippen molar-refractivity contribution < 1.29 is 14.3 Å². The van der Waals surface area contributed by atoms with Crippen LogP contribution in [0.2, 0.25) is 0 Å². The summed E-state index contributed by atoms with van der Waals surface area (Å²) in [6.45, 7) is 8.17. The van der Waals surface area contributed by atoms with Crippen molar-refractivity contribution in [3.05, 3.63) is 106 Å². The lowest BCUT2D eigenvalue weighted by atomic mass is 9.94. The average Bonchev–Trinajstić information content (AvgIpc) is 3.45. The molecule has 3 heterocycles. The van der Waals surface area contributed by atoms with Gasteiger partial charge in [-0.25, -0.2) is 9.79 Å². The molecule has 2 aromatic heterocycles. The molecule has 0 bridgehead atoms. The Labute approximate surface area is 269 Å². The maximum atomic E-state index is 14.2. The van der Waals surface area contributed by atoms with Gasteiger partial charge in [0.25, 0.3) is 5.56 Å². The lowest BCUT2D eigenvalue weighted by Gasteiger charge is -2.26. The van der Waals surface area contributed by atoms with Crippen molar-refractivity contribution in [1.82, 2.24) is 9.13 Å². The van der Waals surface area contributed by atoms with Gasteiger partial charge in [-0.1, -0.05) is 30.7 Å². The highest BCUT2D eigenvalue weighted by atomic mass is 79.9. The molecule has 0 saturated heterocycles. The Morgan fingerprint density at radius 3 is 2.45 bits per heavy atom. The van der Waals surface area contributed by atoms with Crippen molar-refractivity contribution >= 4 is 45.0 Å². The Hall–Kier alpha value is -3.89. The molecule has 10 heteroatoms. The van der Waals surface area contributed by atoms with Crippen molar-refractivity contribution in [2.45, 2.75) is 46.6 Å². The van der Waals surface area contributed by atoms with Crippen LogP contribution in [0.5, 0.6) is 5.75 Å². The van der Waals surface area contributed by atoms with E-state index in [2.05, 4.69) is 69.6 Å². The summed E-state index contributed by atoms with van der Waals surface area (Å²) in [5.74, 6) is 0.193. The first kappa shape index (κ1) is 31.5. The maximum absolute atomic E-state index is 14.2. The molecule has 0 unspecified atom stereocenters. The van der Waals surface area contributed by atoms with Gasteiger partial charge >= 0.3 is 5.97 Å². The number of rotatable bonds is 9. The first-order valence-corrected chi connectivity index (χ1v) is 16.2. The summed E-state index contributed by atoms with van der Waals surface area (Å²) in [5.41, 5.74) is 6.82. The van der Waals surface area contributed by atoms with Gasteiger partial charge in [0.05, 0.1) is 40.0 Å². The normalized spacial score (nSPS) is 14.8. The number of anilines is 1. The largest absolute Gasteiger partial charge is 0.496 e. The van der Waals surface area contributed by atoms with Gasteiger partial charge in [0.2, 0.25) is 0 Å². The van der Waals surface area contributed by atoms with Crippen LogP contribution in [0.25, 0.3) is 11.8 Å². The van der Waals surface area contributed by atoms with Crippen molar-refractivity contribution in [3.8, 4) is 11.4 Å². The lowest BCUT2D eigenvalue weighted by molar-refractivity contribution is -0.139. The molecule has 1 atom stereocenters. The summed E-state index contributed by atoms with van der Waals surface area (Å²) >= 11 is 4.93. The number of benzene rings is 2. The molecule has 0 fully saturated rings. The van der Waals surface area contributed by atoms with Crippen LogP contribution in [-0.4, -0.2) is 42.9 Å². The number of fused-ring (bicyclic) bond motifs is 1. The van der Waals surface area contributed by atoms with Crippen LogP contribution in [-0.2, 0) is 9.53 Å². The highest BCUT2D eigenvalue weighted by Crippen LogP contribution is 2.36. The molecule has 2 aromatic carbocycles. The first-order chi connectivity index (χ1) is 21.1. The first-order valence-electron chi connectivity index (χ1n) is 14.6. The molecule has 0 aliphatic carbocycles. The van der Waals surface area contributed by atoms with E-state index in [0.717, 1.165) is 44.8 Å². The van der Waals surface area contributed by atoms with E-state index in [0.29, 0.717) is 32.8 Å². The van der Waals surface area contributed by atoms with Gasteiger partial charge in [0.1, 0.15) is 5.75 Å². The lowest BCUT2D eigenvalue weighted by Crippen LogP contribution is -2.40. The Kier molecular flexibility index (Phi) is 9.31. The molecule has 8 nitrogen and oxygen atoms in total. The third kappa shape index (κ3) is 5.80. The van der Waals surface area contributed by atoms with Gasteiger partial charge < -0.3 is 18.9 Å². The number of hydrogen-bond acceptors (Lipinski definition) is 7. The smallest absolute Gasteiger partial charge is 0.338 e. The Morgan fingerprint density at radius 2 is 1.84 bits per heavy atom. The van der Waals surface area contributed by atoms with Gasteiger partial charge in [0.15, 0.2) is 4.80 Å². The van der Waals surface area contributed by atoms with Crippen molar-refractivity contribution in [2.24, 2.45) is 4.99 Å². The summed E-state index contributed by atoms with van der Waals surface area (Å²) in [6, 6.07) is 15.4. The molecule has 1 aliphatic heterocycles. The van der Waals surface area contributed by atoms with Crippen LogP contribution >= 0.6 is 27.3 Å². The molecule has 0 spiro atoms. The number of carbonyl (C=O) groups is 1. The number of aromatic nitrogens is 2. The van der Waals surface area contributed by atoms with Crippen LogP contribution < -0.4 is 24.5 Å². The van der Waals surface area contributed by atoms with Crippen molar-refractivity contribution in [1.29, 1.82) is 0 Å². The number of halogens is 1. The van der Waals surface area contributed by atoms with Crippen LogP contribution in [0.4, 0.5) is 5.69 Å². The van der Waals surface area contributed by atoms with Crippen molar-refractivity contribution in [2.75, 3.05) is 32.7 Å². The summed E-state index contributed by atoms with van der Waals surface area (Å²) in [4.78, 5) is 35.2. The van der Waals surface area contributed by atoms with E-state index in [4.69, 9.17) is 14.5 Å². The second-order valence-corrected chi connectivity index (χ2v) is 12.7. The molecule has 0 amide bonds. The van der Waals surface area contributed by atoms with E-state index >= 15 is 0 Å². The number of esters is 1. The fraction of sp³-hybridized carbons (Fsp3) is 0.324. The predicted molar refractivity (Wildman–Crippen MR) is 180 cm³/mol. The number of hydrogen-bond donors (Lipinski definition) is 0. The molecule has 0 saturated carbocycles. The quantitative estimate of drug-likeness (QED) is 0.209. The fourth-order valence-corrected chi connectivity index (χ4v) is 7.23. The number of methoxy groups -OCH3 is 1. The van der Waals surface area contributed by atoms with Gasteiger partial charge in [-0.3, -0.25) is 9.36 Å². The van der Waals surface area contributed by atoms with E-state index in [-0.39, 0.29) is 12.2 Å². The van der Waals surface area contributed by atoms with E-state index < -0.39 is 12.0 Å². The van der Waals surface area contributed by atoms with Crippen LogP contribution in [0.1, 0.15) is 55.2 Å². The minimum atomic E-state index is -0.696. The molecule has 44 heavy (non-hydrogen) atoms. The summed E-state index contributed by atoms with van der Waals surface area (Å²) in [7, 11) is 5.64. The minimum absolute atomic E-state index is 0.205. The topological polar surface area (TPSA) is 78.1 Å². The zero-order valence-corrected chi connectivity index (χ0v) is 28.5. The van der Waals surface area contributed by atoms with Gasteiger partial charge in [-0.2, -0.15) is 0 Å².